The van der Waals surface area contributed by atoms with Crippen LogP contribution in [0.4, 0.5) is 13.6 Å². The van der Waals surface area contributed by atoms with Crippen LogP contribution in [0.25, 0.3) is 0 Å². The van der Waals surface area contributed by atoms with Crippen molar-refractivity contribution in [2.75, 3.05) is 13.2 Å². The Balaban J connectivity index is 1.74. The lowest BCUT2D eigenvalue weighted by atomic mass is 9.89. The third-order valence-corrected chi connectivity index (χ3v) is 5.17. The van der Waals surface area contributed by atoms with Crippen molar-refractivity contribution in [2.24, 2.45) is 0 Å². The molecule has 0 saturated heterocycles. The third kappa shape index (κ3) is 6.76. The molecule has 186 valence electrons. The van der Waals surface area contributed by atoms with Crippen molar-refractivity contribution in [3.63, 3.8) is 0 Å². The van der Waals surface area contributed by atoms with Gasteiger partial charge in [0.25, 0.3) is 5.70 Å². The number of hydrogen-bond acceptors (Lipinski definition) is 8. The van der Waals surface area contributed by atoms with Gasteiger partial charge >= 0.3 is 12.8 Å². The zero-order valence-electron chi connectivity index (χ0n) is 19.1. The molecule has 2 N–H and O–H groups in total. The molecule has 0 fully saturated rings. The summed E-state index contributed by atoms with van der Waals surface area (Å²) in [5.41, 5.74) is 1.21. The van der Waals surface area contributed by atoms with Crippen molar-refractivity contribution in [1.82, 2.24) is 10.6 Å². The number of benzene rings is 2. The maximum absolute atomic E-state index is 13.0. The van der Waals surface area contributed by atoms with Crippen LogP contribution in [-0.4, -0.2) is 30.8 Å². The van der Waals surface area contributed by atoms with E-state index in [0.29, 0.717) is 18.8 Å². The van der Waals surface area contributed by atoms with E-state index < -0.39 is 23.6 Å². The molecule has 1 atom stereocenters. The third-order valence-electron chi connectivity index (χ3n) is 5.17. The zero-order valence-corrected chi connectivity index (χ0v) is 19.1. The number of carbonyl (C=O) groups is 1. The van der Waals surface area contributed by atoms with Gasteiger partial charge in [-0.3, -0.25) is 10.1 Å². The van der Waals surface area contributed by atoms with Gasteiger partial charge in [0.1, 0.15) is 24.0 Å². The number of hydrogen-bond donors (Lipinski definition) is 2. The highest BCUT2D eigenvalue weighted by Gasteiger charge is 2.41. The summed E-state index contributed by atoms with van der Waals surface area (Å²) in [6.45, 7) is 0.774. The predicted molar refractivity (Wildman–Crippen MR) is 122 cm³/mol. The molecule has 1 aliphatic heterocycles. The molecule has 1 unspecified atom stereocenters. The monoisotopic (exact) mass is 489 g/mol. The first-order valence-electron chi connectivity index (χ1n) is 10.7. The number of dihydropyridines is 1. The molecule has 0 aromatic heterocycles. The van der Waals surface area contributed by atoms with Gasteiger partial charge in [-0.25, -0.2) is 4.79 Å². The molecule has 11 heteroatoms. The molecular formula is C24H25F2N3O6. The number of carbonyl (C=O) groups excluding carboxylic acids is 1. The van der Waals surface area contributed by atoms with E-state index in [1.807, 2.05) is 30.3 Å². The average molecular weight is 489 g/mol. The highest BCUT2D eigenvalue weighted by Crippen LogP contribution is 2.42. The van der Waals surface area contributed by atoms with Gasteiger partial charge in [0, 0.05) is 18.7 Å². The lowest BCUT2D eigenvalue weighted by Crippen LogP contribution is -2.30. The Bertz CT molecular complexity index is 1120. The molecule has 0 amide bonds. The Hall–Kier alpha value is -3.99. The van der Waals surface area contributed by atoms with Crippen LogP contribution in [0.2, 0.25) is 0 Å². The number of para-hydroxylation sites is 1. The summed E-state index contributed by atoms with van der Waals surface area (Å²) in [5, 5.41) is 17.8. The van der Waals surface area contributed by atoms with Crippen molar-refractivity contribution in [2.45, 2.75) is 32.9 Å². The molecule has 0 radical (unpaired) electrons. The minimum Gasteiger partial charge on any atom is -0.435 e. The first kappa shape index (κ1) is 25.6. The summed E-state index contributed by atoms with van der Waals surface area (Å²) in [6.07, 6.45) is -1.08. The Labute approximate surface area is 200 Å². The van der Waals surface area contributed by atoms with Crippen molar-refractivity contribution in [3.8, 4) is 5.75 Å². The smallest absolute Gasteiger partial charge is 0.435 e. The van der Waals surface area contributed by atoms with Gasteiger partial charge < -0.3 is 24.8 Å². The van der Waals surface area contributed by atoms with Gasteiger partial charge in [-0.1, -0.05) is 48.5 Å². The van der Waals surface area contributed by atoms with Gasteiger partial charge in [-0.05, 0) is 25.5 Å². The fourth-order valence-corrected chi connectivity index (χ4v) is 3.71. The van der Waals surface area contributed by atoms with E-state index in [0.717, 1.165) is 5.56 Å². The topological polar surface area (TPSA) is 112 Å². The second-order valence-corrected chi connectivity index (χ2v) is 7.59. The molecular weight excluding hydrogens is 464 g/mol. The maximum Gasteiger partial charge on any atom is 0.513 e. The molecule has 2 aromatic rings. The summed E-state index contributed by atoms with van der Waals surface area (Å²) in [6, 6.07) is 15.3. The summed E-state index contributed by atoms with van der Waals surface area (Å²) in [7, 11) is 0. The van der Waals surface area contributed by atoms with E-state index in [2.05, 4.69) is 15.4 Å². The van der Waals surface area contributed by atoms with Crippen molar-refractivity contribution >= 4 is 6.16 Å². The van der Waals surface area contributed by atoms with Crippen LogP contribution in [0.15, 0.2) is 77.4 Å². The van der Waals surface area contributed by atoms with E-state index in [1.165, 1.54) is 31.2 Å². The van der Waals surface area contributed by atoms with E-state index >= 15 is 0 Å². The minimum absolute atomic E-state index is 0.0157. The second kappa shape index (κ2) is 11.9. The Morgan fingerprint density at radius 2 is 1.80 bits per heavy atom. The SMILES string of the molecule is CC1=C(OC(=O)OCCNCc2ccccc2)C(c2ccccc2OC(F)F)C([N+](=O)[O-])=C(C)N1. The molecule has 0 spiro atoms. The normalized spacial score (nSPS) is 15.6. The first-order valence-corrected chi connectivity index (χ1v) is 10.7. The highest BCUT2D eigenvalue weighted by atomic mass is 19.3. The number of ether oxygens (including phenoxy) is 3. The van der Waals surface area contributed by atoms with E-state index in [9.17, 15) is 23.7 Å². The molecule has 2 aromatic carbocycles. The zero-order chi connectivity index (χ0) is 25.4. The lowest BCUT2D eigenvalue weighted by Gasteiger charge is -2.27. The first-order chi connectivity index (χ1) is 16.8. The fourth-order valence-electron chi connectivity index (χ4n) is 3.71. The Morgan fingerprint density at radius 3 is 2.49 bits per heavy atom. The molecule has 35 heavy (non-hydrogen) atoms. The number of alkyl halides is 2. The van der Waals surface area contributed by atoms with Crippen molar-refractivity contribution < 1.29 is 32.7 Å². The number of rotatable bonds is 10. The largest absolute Gasteiger partial charge is 0.513 e. The average Bonchev–Trinajstić information content (AvgIpc) is 2.81. The van der Waals surface area contributed by atoms with Crippen LogP contribution < -0.4 is 15.4 Å². The molecule has 0 aliphatic carbocycles. The minimum atomic E-state index is -3.15. The molecule has 0 saturated carbocycles. The molecule has 1 heterocycles. The maximum atomic E-state index is 13.0. The van der Waals surface area contributed by atoms with Crippen LogP contribution in [-0.2, 0) is 16.0 Å². The van der Waals surface area contributed by atoms with Gasteiger partial charge in [-0.2, -0.15) is 8.78 Å². The number of nitrogens with zero attached hydrogens (tertiary/aromatic N) is 1. The predicted octanol–water partition coefficient (Wildman–Crippen LogP) is 4.66. The molecule has 0 bridgehead atoms. The molecule has 1 aliphatic rings. The van der Waals surface area contributed by atoms with Gasteiger partial charge in [0.2, 0.25) is 0 Å². The fraction of sp³-hybridized carbons (Fsp3) is 0.292. The van der Waals surface area contributed by atoms with Crippen LogP contribution in [0.3, 0.4) is 0 Å². The number of nitro groups is 1. The Morgan fingerprint density at radius 1 is 1.11 bits per heavy atom. The molecule has 9 nitrogen and oxygen atoms in total. The highest BCUT2D eigenvalue weighted by molar-refractivity contribution is 5.63. The number of nitrogens with one attached hydrogen (secondary N) is 2. The standard InChI is InChI=1S/C24H25F2N3O6/c1-15-21(29(31)32)20(18-10-6-7-11-19(18)34-23(25)26)22(16(2)28-15)35-24(30)33-13-12-27-14-17-8-4-3-5-9-17/h3-11,20,23,27-28H,12-14H2,1-2H3. The van der Waals surface area contributed by atoms with Gasteiger partial charge in [0.15, 0.2) is 0 Å². The second-order valence-electron chi connectivity index (χ2n) is 7.59. The van der Waals surface area contributed by atoms with Gasteiger partial charge in [-0.15, -0.1) is 0 Å². The summed E-state index contributed by atoms with van der Waals surface area (Å²) in [5.74, 6) is -1.70. The van der Waals surface area contributed by atoms with Crippen molar-refractivity contribution in [1.29, 1.82) is 0 Å². The van der Waals surface area contributed by atoms with Crippen LogP contribution in [0.5, 0.6) is 5.75 Å². The van der Waals surface area contributed by atoms with Crippen LogP contribution >= 0.6 is 0 Å². The van der Waals surface area contributed by atoms with E-state index in [1.54, 1.807) is 6.92 Å². The van der Waals surface area contributed by atoms with Crippen molar-refractivity contribution in [3.05, 3.63) is 98.7 Å². The Kier molecular flexibility index (Phi) is 8.74. The number of allylic oxidation sites excluding steroid dienone is 2. The van der Waals surface area contributed by atoms with Gasteiger partial charge in [0.05, 0.1) is 16.3 Å². The van der Waals surface area contributed by atoms with Crippen LogP contribution in [0, 0.1) is 10.1 Å². The molecule has 3 rings (SSSR count). The van der Waals surface area contributed by atoms with Crippen LogP contribution in [0.1, 0.15) is 30.9 Å². The summed E-state index contributed by atoms with van der Waals surface area (Å²) < 4.78 is 41.0. The van der Waals surface area contributed by atoms with E-state index in [4.69, 9.17) is 9.47 Å². The quantitative estimate of drug-likeness (QED) is 0.215. The summed E-state index contributed by atoms with van der Waals surface area (Å²) in [4.78, 5) is 23.7. The van der Waals surface area contributed by atoms with E-state index in [-0.39, 0.29) is 35.1 Å². The lowest BCUT2D eigenvalue weighted by molar-refractivity contribution is -0.431. The number of halogens is 2. The summed E-state index contributed by atoms with van der Waals surface area (Å²) >= 11 is 0.